The van der Waals surface area contributed by atoms with Crippen LogP contribution >= 0.6 is 0 Å². The van der Waals surface area contributed by atoms with E-state index in [1.807, 2.05) is 20.8 Å². The maximum absolute atomic E-state index is 13.1. The van der Waals surface area contributed by atoms with Gasteiger partial charge in [-0.1, -0.05) is 53.4 Å². The summed E-state index contributed by atoms with van der Waals surface area (Å²) in [5.74, 6) is -2.99. The molecule has 0 saturated carbocycles. The molecule has 4 atom stereocenters. The van der Waals surface area contributed by atoms with Crippen molar-refractivity contribution in [3.05, 3.63) is 0 Å². The van der Waals surface area contributed by atoms with Crippen molar-refractivity contribution in [3.63, 3.8) is 0 Å². The van der Waals surface area contributed by atoms with Crippen molar-refractivity contribution in [2.24, 2.45) is 16.7 Å². The Labute approximate surface area is 168 Å². The molecule has 2 aliphatic heterocycles. The normalized spacial score (nSPS) is 35.8. The van der Waals surface area contributed by atoms with Crippen molar-refractivity contribution >= 4 is 22.1 Å². The van der Waals surface area contributed by atoms with Gasteiger partial charge in [-0.3, -0.25) is 14.1 Å². The quantitative estimate of drug-likeness (QED) is 0.427. The first kappa shape index (κ1) is 23.1. The van der Waals surface area contributed by atoms with Crippen LogP contribution in [0.2, 0.25) is 0 Å². The lowest BCUT2D eigenvalue weighted by molar-refractivity contribution is -0.150. The van der Waals surface area contributed by atoms with Gasteiger partial charge in [0.15, 0.2) is 0 Å². The number of ether oxygens (including phenoxy) is 2. The van der Waals surface area contributed by atoms with E-state index < -0.39 is 43.6 Å². The van der Waals surface area contributed by atoms with Gasteiger partial charge in [0.05, 0.1) is 19.1 Å². The molecule has 0 radical (unpaired) electrons. The number of carbonyl (C=O) groups excluding carboxylic acids is 2. The first-order valence-electron chi connectivity index (χ1n) is 10.4. The lowest BCUT2D eigenvalue weighted by Gasteiger charge is -2.46. The molecule has 0 aliphatic carbocycles. The van der Waals surface area contributed by atoms with E-state index in [2.05, 4.69) is 0 Å². The Bertz CT molecular complexity index is 703. The molecule has 2 heterocycles. The predicted molar refractivity (Wildman–Crippen MR) is 104 cm³/mol. The molecule has 28 heavy (non-hydrogen) atoms. The number of unbranched alkanes of at least 4 members (excludes halogenated alkanes) is 2. The van der Waals surface area contributed by atoms with Crippen LogP contribution in [0.25, 0.3) is 0 Å². The van der Waals surface area contributed by atoms with Crippen LogP contribution in [-0.4, -0.2) is 42.9 Å². The van der Waals surface area contributed by atoms with E-state index >= 15 is 0 Å². The molecule has 2 saturated heterocycles. The Kier molecular flexibility index (Phi) is 6.86. The Hall–Kier alpha value is -1.15. The van der Waals surface area contributed by atoms with E-state index in [1.54, 1.807) is 6.92 Å². The van der Waals surface area contributed by atoms with Crippen LogP contribution in [-0.2, 0) is 29.2 Å². The molecule has 0 bridgehead atoms. The van der Waals surface area contributed by atoms with Gasteiger partial charge < -0.3 is 9.47 Å². The number of esters is 2. The number of cyclic esters (lactones) is 2. The van der Waals surface area contributed by atoms with E-state index in [-0.39, 0.29) is 13.2 Å². The smallest absolute Gasteiger partial charge is 0.331 e. The van der Waals surface area contributed by atoms with Gasteiger partial charge in [-0.15, -0.1) is 0 Å². The van der Waals surface area contributed by atoms with Crippen LogP contribution in [0.1, 0.15) is 79.1 Å². The van der Waals surface area contributed by atoms with Gasteiger partial charge >= 0.3 is 11.9 Å². The molecule has 2 fully saturated rings. The number of hydrogen-bond donors (Lipinski definition) is 1. The standard InChI is InChI=1S/C20H34O7S/c1-5-9-11-18(7-3)13-26-16(21)15(18)20(28(23,24)25)17(22)27-14-19(20,8-4)12-10-6-2/h15H,5-14H2,1-4H3,(H,23,24,25). The zero-order valence-electron chi connectivity index (χ0n) is 17.5. The van der Waals surface area contributed by atoms with Gasteiger partial charge in [-0.25, -0.2) is 0 Å². The molecular formula is C20H34O7S. The number of hydrogen-bond acceptors (Lipinski definition) is 6. The third-order valence-electron chi connectivity index (χ3n) is 7.15. The summed E-state index contributed by atoms with van der Waals surface area (Å²) in [6.45, 7) is 7.60. The predicted octanol–water partition coefficient (Wildman–Crippen LogP) is 3.52. The Balaban J connectivity index is 2.79. The van der Waals surface area contributed by atoms with Crippen molar-refractivity contribution in [1.82, 2.24) is 0 Å². The Morgan fingerprint density at radius 1 is 0.964 bits per heavy atom. The SMILES string of the molecule is CCCCC1(CC)COC(=O)C1C1(S(=O)(=O)O)C(=O)OCC1(CC)CCCC. The van der Waals surface area contributed by atoms with Crippen molar-refractivity contribution < 1.29 is 32.0 Å². The van der Waals surface area contributed by atoms with Crippen molar-refractivity contribution in [3.8, 4) is 0 Å². The van der Waals surface area contributed by atoms with Crippen LogP contribution < -0.4 is 0 Å². The fourth-order valence-electron chi connectivity index (χ4n) is 5.36. The summed E-state index contributed by atoms with van der Waals surface area (Å²) in [7, 11) is -4.96. The molecule has 0 aromatic rings. The van der Waals surface area contributed by atoms with Gasteiger partial charge in [0, 0.05) is 10.8 Å². The summed E-state index contributed by atoms with van der Waals surface area (Å²) in [4.78, 5) is 26.1. The average Bonchev–Trinajstić information content (AvgIpc) is 3.13. The largest absolute Gasteiger partial charge is 0.465 e. The summed E-state index contributed by atoms with van der Waals surface area (Å²) in [5, 5.41) is 0. The molecule has 0 aromatic carbocycles. The highest BCUT2D eigenvalue weighted by Crippen LogP contribution is 2.61. The fraction of sp³-hybridized carbons (Fsp3) is 0.900. The molecule has 8 heteroatoms. The van der Waals surface area contributed by atoms with Gasteiger partial charge in [-0.05, 0) is 25.7 Å². The second kappa shape index (κ2) is 8.30. The first-order valence-corrected chi connectivity index (χ1v) is 11.9. The molecule has 4 unspecified atom stereocenters. The fourth-order valence-corrected chi connectivity index (χ4v) is 7.12. The maximum Gasteiger partial charge on any atom is 0.331 e. The lowest BCUT2D eigenvalue weighted by Crippen LogP contribution is -2.64. The summed E-state index contributed by atoms with van der Waals surface area (Å²) >= 11 is 0. The molecule has 2 rings (SSSR count). The van der Waals surface area contributed by atoms with Gasteiger partial charge in [0.2, 0.25) is 4.75 Å². The summed E-state index contributed by atoms with van der Waals surface area (Å²) in [6.07, 6.45) is 4.79. The molecule has 2 aliphatic rings. The van der Waals surface area contributed by atoms with E-state index in [4.69, 9.17) is 9.47 Å². The monoisotopic (exact) mass is 418 g/mol. The topological polar surface area (TPSA) is 107 Å². The van der Waals surface area contributed by atoms with Gasteiger partial charge in [0.25, 0.3) is 10.1 Å². The minimum absolute atomic E-state index is 0.0606. The molecule has 162 valence electrons. The molecule has 0 aromatic heterocycles. The Morgan fingerprint density at radius 2 is 1.57 bits per heavy atom. The highest BCUT2D eigenvalue weighted by atomic mass is 32.2. The van der Waals surface area contributed by atoms with E-state index in [9.17, 15) is 22.6 Å². The number of carbonyl (C=O) groups is 2. The third-order valence-corrected chi connectivity index (χ3v) is 8.80. The molecular weight excluding hydrogens is 384 g/mol. The first-order chi connectivity index (χ1) is 13.1. The van der Waals surface area contributed by atoms with Crippen LogP contribution in [0.4, 0.5) is 0 Å². The van der Waals surface area contributed by atoms with Crippen molar-refractivity contribution in [2.45, 2.75) is 83.8 Å². The van der Waals surface area contributed by atoms with E-state index in [0.29, 0.717) is 32.1 Å². The van der Waals surface area contributed by atoms with Crippen LogP contribution in [0.5, 0.6) is 0 Å². The summed E-state index contributed by atoms with van der Waals surface area (Å²) in [6, 6.07) is 0. The third kappa shape index (κ3) is 3.16. The zero-order valence-corrected chi connectivity index (χ0v) is 18.3. The second-order valence-electron chi connectivity index (χ2n) is 8.38. The summed E-state index contributed by atoms with van der Waals surface area (Å²) in [5.41, 5.74) is -1.98. The van der Waals surface area contributed by atoms with Gasteiger partial charge in [0.1, 0.15) is 0 Å². The van der Waals surface area contributed by atoms with E-state index in [0.717, 1.165) is 19.3 Å². The van der Waals surface area contributed by atoms with Crippen LogP contribution in [0.3, 0.4) is 0 Å². The molecule has 7 nitrogen and oxygen atoms in total. The lowest BCUT2D eigenvalue weighted by atomic mass is 9.58. The minimum Gasteiger partial charge on any atom is -0.465 e. The van der Waals surface area contributed by atoms with Crippen LogP contribution in [0, 0.1) is 16.7 Å². The molecule has 0 amide bonds. The Morgan fingerprint density at radius 3 is 2.07 bits per heavy atom. The van der Waals surface area contributed by atoms with Crippen molar-refractivity contribution in [2.75, 3.05) is 13.2 Å². The average molecular weight is 419 g/mol. The minimum atomic E-state index is -4.96. The van der Waals surface area contributed by atoms with Crippen molar-refractivity contribution in [1.29, 1.82) is 0 Å². The number of rotatable bonds is 10. The summed E-state index contributed by atoms with van der Waals surface area (Å²) < 4.78 is 44.8. The molecule has 1 N–H and O–H groups in total. The highest BCUT2D eigenvalue weighted by Gasteiger charge is 2.78. The van der Waals surface area contributed by atoms with Crippen LogP contribution in [0.15, 0.2) is 0 Å². The molecule has 0 spiro atoms. The van der Waals surface area contributed by atoms with Gasteiger partial charge in [-0.2, -0.15) is 8.42 Å². The second-order valence-corrected chi connectivity index (χ2v) is 9.98. The highest BCUT2D eigenvalue weighted by molar-refractivity contribution is 7.88. The van der Waals surface area contributed by atoms with E-state index in [1.165, 1.54) is 0 Å². The maximum atomic E-state index is 13.1. The zero-order chi connectivity index (χ0) is 21.2.